The summed E-state index contributed by atoms with van der Waals surface area (Å²) in [4.78, 5) is 16.3. The van der Waals surface area contributed by atoms with Crippen LogP contribution in [0.15, 0.2) is 36.5 Å². The van der Waals surface area contributed by atoms with E-state index in [4.69, 9.17) is 0 Å². The highest BCUT2D eigenvalue weighted by Crippen LogP contribution is 2.22. The van der Waals surface area contributed by atoms with Crippen LogP contribution in [0.4, 0.5) is 5.69 Å². The maximum absolute atomic E-state index is 11.9. The SMILES string of the molecule is CC(Nc1ccnc2ccccc12)C(=O)NC1CC1. The average Bonchev–Trinajstić information content (AvgIpc) is 3.23. The topological polar surface area (TPSA) is 54.0 Å². The molecule has 1 aromatic heterocycles. The van der Waals surface area contributed by atoms with E-state index < -0.39 is 0 Å². The first-order valence-corrected chi connectivity index (χ1v) is 6.65. The molecule has 2 aromatic rings. The first kappa shape index (κ1) is 12.0. The second kappa shape index (κ2) is 4.88. The quantitative estimate of drug-likeness (QED) is 0.881. The number of aromatic nitrogens is 1. The molecule has 1 saturated carbocycles. The number of hydrogen-bond donors (Lipinski definition) is 2. The van der Waals surface area contributed by atoms with E-state index in [1.807, 2.05) is 37.3 Å². The van der Waals surface area contributed by atoms with E-state index in [2.05, 4.69) is 15.6 Å². The van der Waals surface area contributed by atoms with E-state index in [-0.39, 0.29) is 11.9 Å². The van der Waals surface area contributed by atoms with Crippen LogP contribution in [-0.2, 0) is 4.79 Å². The number of anilines is 1. The Kier molecular flexibility index (Phi) is 3.07. The fourth-order valence-electron chi connectivity index (χ4n) is 2.07. The molecule has 19 heavy (non-hydrogen) atoms. The van der Waals surface area contributed by atoms with Crippen molar-refractivity contribution in [2.24, 2.45) is 0 Å². The summed E-state index contributed by atoms with van der Waals surface area (Å²) in [7, 11) is 0. The third-order valence-corrected chi connectivity index (χ3v) is 3.34. The number of nitrogens with zero attached hydrogens (tertiary/aromatic N) is 1. The molecule has 4 heteroatoms. The summed E-state index contributed by atoms with van der Waals surface area (Å²) >= 11 is 0. The summed E-state index contributed by atoms with van der Waals surface area (Å²) in [5.41, 5.74) is 1.88. The number of fused-ring (bicyclic) bond motifs is 1. The van der Waals surface area contributed by atoms with Gasteiger partial charge in [-0.05, 0) is 31.9 Å². The molecule has 1 amide bonds. The van der Waals surface area contributed by atoms with Gasteiger partial charge in [-0.3, -0.25) is 9.78 Å². The molecule has 0 bridgehead atoms. The summed E-state index contributed by atoms with van der Waals surface area (Å²) in [6.07, 6.45) is 3.98. The maximum Gasteiger partial charge on any atom is 0.242 e. The fourth-order valence-corrected chi connectivity index (χ4v) is 2.07. The van der Waals surface area contributed by atoms with Crippen molar-refractivity contribution in [1.82, 2.24) is 10.3 Å². The number of benzene rings is 1. The van der Waals surface area contributed by atoms with E-state index in [0.717, 1.165) is 29.4 Å². The second-order valence-corrected chi connectivity index (χ2v) is 5.02. The Morgan fingerprint density at radius 2 is 2.11 bits per heavy atom. The molecule has 1 heterocycles. The van der Waals surface area contributed by atoms with E-state index in [1.165, 1.54) is 0 Å². The third kappa shape index (κ3) is 2.67. The molecule has 0 saturated heterocycles. The summed E-state index contributed by atoms with van der Waals surface area (Å²) < 4.78 is 0. The van der Waals surface area contributed by atoms with Crippen molar-refractivity contribution in [2.45, 2.75) is 31.8 Å². The molecule has 0 spiro atoms. The number of rotatable bonds is 4. The summed E-state index contributed by atoms with van der Waals surface area (Å²) in [5.74, 6) is 0.0587. The molecule has 1 unspecified atom stereocenters. The number of carbonyl (C=O) groups is 1. The number of carbonyl (C=O) groups excluding carboxylic acids is 1. The molecule has 0 radical (unpaired) electrons. The Labute approximate surface area is 112 Å². The molecule has 98 valence electrons. The molecule has 3 rings (SSSR count). The van der Waals surface area contributed by atoms with E-state index in [9.17, 15) is 4.79 Å². The van der Waals surface area contributed by atoms with Gasteiger partial charge < -0.3 is 10.6 Å². The van der Waals surface area contributed by atoms with Crippen LogP contribution in [-0.4, -0.2) is 23.0 Å². The molecular formula is C15H17N3O. The van der Waals surface area contributed by atoms with Gasteiger partial charge >= 0.3 is 0 Å². The van der Waals surface area contributed by atoms with E-state index in [1.54, 1.807) is 6.20 Å². The Morgan fingerprint density at radius 1 is 1.32 bits per heavy atom. The lowest BCUT2D eigenvalue weighted by atomic mass is 10.1. The Hall–Kier alpha value is -2.10. The van der Waals surface area contributed by atoms with Gasteiger partial charge in [-0.25, -0.2) is 0 Å². The minimum absolute atomic E-state index is 0.0587. The largest absolute Gasteiger partial charge is 0.373 e. The van der Waals surface area contributed by atoms with Crippen LogP contribution >= 0.6 is 0 Å². The first-order valence-electron chi connectivity index (χ1n) is 6.65. The molecule has 4 nitrogen and oxygen atoms in total. The fraction of sp³-hybridized carbons (Fsp3) is 0.333. The highest BCUT2D eigenvalue weighted by Gasteiger charge is 2.25. The van der Waals surface area contributed by atoms with Gasteiger partial charge in [0.1, 0.15) is 6.04 Å². The molecular weight excluding hydrogens is 238 g/mol. The molecule has 1 atom stereocenters. The van der Waals surface area contributed by atoms with Crippen LogP contribution in [0.2, 0.25) is 0 Å². The van der Waals surface area contributed by atoms with Gasteiger partial charge in [-0.1, -0.05) is 18.2 Å². The number of hydrogen-bond acceptors (Lipinski definition) is 3. The van der Waals surface area contributed by atoms with Crippen molar-refractivity contribution in [3.63, 3.8) is 0 Å². The van der Waals surface area contributed by atoms with Gasteiger partial charge in [-0.15, -0.1) is 0 Å². The number of para-hydroxylation sites is 1. The maximum atomic E-state index is 11.9. The number of pyridine rings is 1. The van der Waals surface area contributed by atoms with Crippen molar-refractivity contribution < 1.29 is 4.79 Å². The highest BCUT2D eigenvalue weighted by atomic mass is 16.2. The van der Waals surface area contributed by atoms with Crippen LogP contribution in [0.5, 0.6) is 0 Å². The van der Waals surface area contributed by atoms with Crippen LogP contribution in [0.1, 0.15) is 19.8 Å². The lowest BCUT2D eigenvalue weighted by Gasteiger charge is -2.16. The van der Waals surface area contributed by atoms with Crippen molar-refractivity contribution >= 4 is 22.5 Å². The van der Waals surface area contributed by atoms with Crippen molar-refractivity contribution in [2.75, 3.05) is 5.32 Å². The average molecular weight is 255 g/mol. The second-order valence-electron chi connectivity index (χ2n) is 5.02. The van der Waals surface area contributed by atoms with Gasteiger partial charge in [-0.2, -0.15) is 0 Å². The summed E-state index contributed by atoms with van der Waals surface area (Å²) in [5, 5.41) is 7.31. The van der Waals surface area contributed by atoms with Gasteiger partial charge in [0.2, 0.25) is 5.91 Å². The number of amides is 1. The van der Waals surface area contributed by atoms with Crippen LogP contribution in [0, 0.1) is 0 Å². The van der Waals surface area contributed by atoms with Crippen LogP contribution in [0.25, 0.3) is 10.9 Å². The molecule has 1 fully saturated rings. The van der Waals surface area contributed by atoms with Gasteiger partial charge in [0.15, 0.2) is 0 Å². The lowest BCUT2D eigenvalue weighted by molar-refractivity contribution is -0.121. The highest BCUT2D eigenvalue weighted by molar-refractivity contribution is 5.93. The zero-order valence-electron chi connectivity index (χ0n) is 10.9. The van der Waals surface area contributed by atoms with E-state index >= 15 is 0 Å². The molecule has 0 aliphatic heterocycles. The van der Waals surface area contributed by atoms with Crippen molar-refractivity contribution in [3.8, 4) is 0 Å². The van der Waals surface area contributed by atoms with Crippen LogP contribution in [0.3, 0.4) is 0 Å². The molecule has 2 N–H and O–H groups in total. The standard InChI is InChI=1S/C15H17N3O/c1-10(15(19)18-11-6-7-11)17-14-8-9-16-13-5-3-2-4-12(13)14/h2-5,8-11H,6-7H2,1H3,(H,16,17)(H,18,19). The minimum Gasteiger partial charge on any atom is -0.373 e. The zero-order chi connectivity index (χ0) is 13.2. The normalized spacial score (nSPS) is 16.1. The zero-order valence-corrected chi connectivity index (χ0v) is 10.9. The first-order chi connectivity index (χ1) is 9.24. The van der Waals surface area contributed by atoms with Crippen LogP contribution < -0.4 is 10.6 Å². The summed E-state index contributed by atoms with van der Waals surface area (Å²) in [6, 6.07) is 9.97. The summed E-state index contributed by atoms with van der Waals surface area (Å²) in [6.45, 7) is 1.88. The molecule has 1 aliphatic carbocycles. The Balaban J connectivity index is 1.78. The predicted molar refractivity (Wildman–Crippen MR) is 76.0 cm³/mol. The lowest BCUT2D eigenvalue weighted by Crippen LogP contribution is -2.38. The van der Waals surface area contributed by atoms with E-state index in [0.29, 0.717) is 6.04 Å². The Morgan fingerprint density at radius 3 is 2.89 bits per heavy atom. The van der Waals surface area contributed by atoms with Gasteiger partial charge in [0.05, 0.1) is 5.52 Å². The van der Waals surface area contributed by atoms with Gasteiger partial charge in [0, 0.05) is 23.3 Å². The van der Waals surface area contributed by atoms with Crippen molar-refractivity contribution in [1.29, 1.82) is 0 Å². The molecule has 1 aromatic carbocycles. The monoisotopic (exact) mass is 255 g/mol. The van der Waals surface area contributed by atoms with Gasteiger partial charge in [0.25, 0.3) is 0 Å². The number of nitrogens with one attached hydrogen (secondary N) is 2. The van der Waals surface area contributed by atoms with Crippen molar-refractivity contribution in [3.05, 3.63) is 36.5 Å². The minimum atomic E-state index is -0.244. The smallest absolute Gasteiger partial charge is 0.242 e. The predicted octanol–water partition coefficient (Wildman–Crippen LogP) is 2.31. The Bertz CT molecular complexity index is 602. The molecule has 1 aliphatic rings. The third-order valence-electron chi connectivity index (χ3n) is 3.34.